The number of nitrogens with zero attached hydrogens (tertiary/aromatic N) is 1. The fourth-order valence-electron chi connectivity index (χ4n) is 8.72. The number of primary amides is 1. The molecule has 0 aliphatic carbocycles. The Morgan fingerprint density at radius 1 is 0.875 bits per heavy atom. The van der Waals surface area contributed by atoms with E-state index < -0.39 is 14.2 Å². The van der Waals surface area contributed by atoms with Crippen LogP contribution >= 0.6 is 0 Å². The molecule has 7 N–H and O–H groups in total. The Labute approximate surface area is 422 Å². The first-order valence-electron chi connectivity index (χ1n) is 24.4. The van der Waals surface area contributed by atoms with Crippen LogP contribution in [0, 0.1) is 6.92 Å². The standard InChI is InChI=1S/C58H64N6O7Si/c1-36-27-39(30-47-52(36)61-33-48(56(59)67)53(47)62-44-18-12-19-45(32-44)69-5)28-38-14-10-16-42(29-38)57(68)63-43-17-11-15-41(31-43)40-22-20-37(21-23-40)13-8-9-26-60-34-50(71-72(6,7)58(2,3)4)46-24-25-49(65)54-55(46)70-35-51(66)64-54/h10-12,14-25,27,29-33,50,60,65H,8-9,13,26,28,34-35H2,1-7H3,(H2,59,67)(H,61,62)(H,63,68)(H,64,66)/t50-/m0/s1. The average molecular weight is 985 g/mol. The number of phenols is 1. The van der Waals surface area contributed by atoms with Crippen molar-refractivity contribution < 1.29 is 33.4 Å². The van der Waals surface area contributed by atoms with Crippen molar-refractivity contribution in [3.05, 3.63) is 166 Å². The van der Waals surface area contributed by atoms with Gasteiger partial charge in [-0.1, -0.05) is 81.4 Å². The van der Waals surface area contributed by atoms with E-state index in [0.717, 1.165) is 75.8 Å². The number of aromatic hydroxyl groups is 1. The maximum Gasteiger partial charge on any atom is 0.262 e. The number of carbonyl (C=O) groups is 3. The molecule has 0 unspecified atom stereocenters. The number of carbonyl (C=O) groups excluding carboxylic acids is 3. The number of phenolic OH excluding ortho intramolecular Hbond substituents is 1. The Morgan fingerprint density at radius 3 is 2.40 bits per heavy atom. The summed E-state index contributed by atoms with van der Waals surface area (Å²) in [7, 11) is -0.607. The largest absolute Gasteiger partial charge is 0.506 e. The first-order chi connectivity index (χ1) is 34.5. The molecule has 13 nitrogen and oxygen atoms in total. The van der Waals surface area contributed by atoms with Crippen LogP contribution in [0.3, 0.4) is 0 Å². The Kier molecular flexibility index (Phi) is 15.4. The third kappa shape index (κ3) is 12.0. The van der Waals surface area contributed by atoms with Crippen LogP contribution in [0.5, 0.6) is 17.2 Å². The van der Waals surface area contributed by atoms with Crippen LogP contribution in [0.25, 0.3) is 22.0 Å². The Hall–Kier alpha value is -7.52. The molecule has 372 valence electrons. The molecule has 2 heterocycles. The molecular weight excluding hydrogens is 921 g/mol. The molecule has 0 saturated carbocycles. The Morgan fingerprint density at radius 2 is 1.64 bits per heavy atom. The molecule has 8 rings (SSSR count). The highest BCUT2D eigenvalue weighted by Gasteiger charge is 2.40. The molecule has 1 aromatic heterocycles. The molecule has 1 aliphatic heterocycles. The van der Waals surface area contributed by atoms with E-state index in [9.17, 15) is 19.5 Å². The van der Waals surface area contributed by atoms with E-state index in [2.05, 4.69) is 90.4 Å². The van der Waals surface area contributed by atoms with Crippen LogP contribution in [0.4, 0.5) is 22.7 Å². The number of nitrogens with one attached hydrogen (secondary N) is 4. The summed E-state index contributed by atoms with van der Waals surface area (Å²) in [6.07, 6.45) is 4.60. The van der Waals surface area contributed by atoms with Crippen LogP contribution in [0.2, 0.25) is 18.1 Å². The minimum atomic E-state index is -2.21. The lowest BCUT2D eigenvalue weighted by molar-refractivity contribution is -0.118. The van der Waals surface area contributed by atoms with Gasteiger partial charge in [0, 0.05) is 46.7 Å². The van der Waals surface area contributed by atoms with Crippen LogP contribution in [-0.4, -0.2) is 62.9 Å². The predicted molar refractivity (Wildman–Crippen MR) is 289 cm³/mol. The van der Waals surface area contributed by atoms with Gasteiger partial charge in [0.15, 0.2) is 20.7 Å². The van der Waals surface area contributed by atoms with E-state index in [1.807, 2.05) is 91.9 Å². The summed E-state index contributed by atoms with van der Waals surface area (Å²) in [6, 6.07) is 39.0. The number of ether oxygens (including phenoxy) is 2. The van der Waals surface area contributed by atoms with Crippen molar-refractivity contribution in [1.82, 2.24) is 10.3 Å². The SMILES string of the molecule is COc1cccc(Nc2c(C(N)=O)cnc3c(C)cc(Cc4cccc(C(=O)Nc5cccc(-c6ccc(CCCCNC[C@H](O[Si](C)(C)C(C)(C)C)c7ccc(O)c8c7OCC(=O)N8)cc6)c5)c4)cc23)c1. The first kappa shape index (κ1) is 50.9. The van der Waals surface area contributed by atoms with Crippen molar-refractivity contribution in [2.75, 3.05) is 42.8 Å². The molecular formula is C58H64N6O7Si. The number of hydrogen-bond donors (Lipinski definition) is 6. The van der Waals surface area contributed by atoms with Crippen LogP contribution in [0.1, 0.15) is 88.3 Å². The van der Waals surface area contributed by atoms with Crippen molar-refractivity contribution in [3.63, 3.8) is 0 Å². The molecule has 0 saturated heterocycles. The molecule has 0 fully saturated rings. The lowest BCUT2D eigenvalue weighted by Crippen LogP contribution is -2.43. The molecule has 72 heavy (non-hydrogen) atoms. The number of fused-ring (bicyclic) bond motifs is 2. The van der Waals surface area contributed by atoms with Gasteiger partial charge in [-0.25, -0.2) is 0 Å². The number of benzene rings is 6. The quantitative estimate of drug-likeness (QED) is 0.0259. The third-order valence-electron chi connectivity index (χ3n) is 13.6. The molecule has 0 bridgehead atoms. The highest BCUT2D eigenvalue weighted by molar-refractivity contribution is 6.74. The minimum Gasteiger partial charge on any atom is -0.506 e. The van der Waals surface area contributed by atoms with Crippen molar-refractivity contribution in [2.24, 2.45) is 5.73 Å². The van der Waals surface area contributed by atoms with Gasteiger partial charge in [0.1, 0.15) is 17.2 Å². The summed E-state index contributed by atoms with van der Waals surface area (Å²) in [5.74, 6) is -0.00749. The zero-order valence-electron chi connectivity index (χ0n) is 42.1. The molecule has 1 atom stereocenters. The lowest BCUT2D eigenvalue weighted by Gasteiger charge is -2.40. The summed E-state index contributed by atoms with van der Waals surface area (Å²) in [5, 5.41) is 24.1. The molecule has 3 amide bonds. The number of nitrogens with two attached hydrogens (primary N) is 1. The van der Waals surface area contributed by atoms with Gasteiger partial charge < -0.3 is 46.0 Å². The summed E-state index contributed by atoms with van der Waals surface area (Å²) in [6.45, 7) is 14.3. The number of hydrogen-bond acceptors (Lipinski definition) is 10. The smallest absolute Gasteiger partial charge is 0.262 e. The van der Waals surface area contributed by atoms with Gasteiger partial charge in [0.05, 0.1) is 30.0 Å². The van der Waals surface area contributed by atoms with Crippen LogP contribution in [0.15, 0.2) is 128 Å². The topological polar surface area (TPSA) is 186 Å². The number of pyridine rings is 1. The molecule has 0 radical (unpaired) electrons. The van der Waals surface area contributed by atoms with Crippen molar-refractivity contribution in [1.29, 1.82) is 0 Å². The summed E-state index contributed by atoms with van der Waals surface area (Å²) >= 11 is 0. The van der Waals surface area contributed by atoms with Crippen molar-refractivity contribution in [2.45, 2.75) is 77.6 Å². The highest BCUT2D eigenvalue weighted by atomic mass is 28.4. The van der Waals surface area contributed by atoms with Gasteiger partial charge in [-0.2, -0.15) is 0 Å². The summed E-state index contributed by atoms with van der Waals surface area (Å²) in [4.78, 5) is 43.0. The molecule has 1 aliphatic rings. The monoisotopic (exact) mass is 984 g/mol. The van der Waals surface area contributed by atoms with Gasteiger partial charge in [-0.15, -0.1) is 0 Å². The Bertz CT molecular complexity index is 3130. The number of unbranched alkanes of at least 4 members (excludes halogenated alkanes) is 1. The normalized spacial score (nSPS) is 12.9. The zero-order valence-corrected chi connectivity index (χ0v) is 43.1. The number of anilines is 4. The number of methoxy groups -OCH3 is 1. The van der Waals surface area contributed by atoms with E-state index in [1.165, 1.54) is 11.8 Å². The van der Waals surface area contributed by atoms with E-state index in [1.54, 1.807) is 13.2 Å². The lowest BCUT2D eigenvalue weighted by atomic mass is 9.97. The second kappa shape index (κ2) is 21.9. The molecule has 14 heteroatoms. The number of amides is 3. The summed E-state index contributed by atoms with van der Waals surface area (Å²) in [5.41, 5.74) is 16.7. The number of aryl methyl sites for hydroxylation is 2. The fraction of sp³-hybridized carbons (Fsp3) is 0.276. The number of aromatic nitrogens is 1. The molecule has 7 aromatic rings. The predicted octanol–water partition coefficient (Wildman–Crippen LogP) is 11.6. The van der Waals surface area contributed by atoms with Gasteiger partial charge in [0.25, 0.3) is 17.7 Å². The van der Waals surface area contributed by atoms with Crippen LogP contribution < -0.4 is 36.5 Å². The minimum absolute atomic E-state index is 0.0206. The third-order valence-corrected chi connectivity index (χ3v) is 18.1. The van der Waals surface area contributed by atoms with Gasteiger partial charge >= 0.3 is 0 Å². The first-order valence-corrected chi connectivity index (χ1v) is 27.3. The van der Waals surface area contributed by atoms with E-state index >= 15 is 0 Å². The highest BCUT2D eigenvalue weighted by Crippen LogP contribution is 2.46. The second-order valence-corrected chi connectivity index (χ2v) is 24.7. The van der Waals surface area contributed by atoms with Gasteiger partial charge in [0.2, 0.25) is 0 Å². The van der Waals surface area contributed by atoms with Gasteiger partial charge in [-0.05, 0) is 145 Å². The molecule has 0 spiro atoms. The van der Waals surface area contributed by atoms with E-state index in [4.69, 9.17) is 19.6 Å². The van der Waals surface area contributed by atoms with E-state index in [-0.39, 0.29) is 40.9 Å². The average Bonchev–Trinajstić information content (AvgIpc) is 3.35. The number of rotatable bonds is 19. The van der Waals surface area contributed by atoms with E-state index in [0.29, 0.717) is 47.1 Å². The fourth-order valence-corrected chi connectivity index (χ4v) is 9.99. The zero-order chi connectivity index (χ0) is 51.2. The second-order valence-electron chi connectivity index (χ2n) is 19.9. The molecule has 6 aromatic carbocycles. The van der Waals surface area contributed by atoms with Crippen molar-refractivity contribution in [3.8, 4) is 28.4 Å². The maximum atomic E-state index is 13.7. The Balaban J connectivity index is 0.868. The van der Waals surface area contributed by atoms with Gasteiger partial charge in [-0.3, -0.25) is 19.4 Å². The van der Waals surface area contributed by atoms with Crippen molar-refractivity contribution >= 4 is 59.7 Å². The maximum absolute atomic E-state index is 13.7. The van der Waals surface area contributed by atoms with Crippen LogP contribution in [-0.2, 0) is 22.1 Å². The summed E-state index contributed by atoms with van der Waals surface area (Å²) < 4.78 is 18.2.